The summed E-state index contributed by atoms with van der Waals surface area (Å²) in [6, 6.07) is 19.3. The Morgan fingerprint density at radius 2 is 1.65 bits per heavy atom. The molecule has 0 N–H and O–H groups in total. The van der Waals surface area contributed by atoms with Crippen LogP contribution in [-0.4, -0.2) is 52.4 Å². The highest BCUT2D eigenvalue weighted by Crippen LogP contribution is 2.34. The quantitative estimate of drug-likeness (QED) is 0.707. The van der Waals surface area contributed by atoms with E-state index in [1.807, 2.05) is 11.8 Å². The summed E-state index contributed by atoms with van der Waals surface area (Å²) in [6.07, 6.45) is 1.23. The van der Waals surface area contributed by atoms with Gasteiger partial charge in [0.15, 0.2) is 5.16 Å². The summed E-state index contributed by atoms with van der Waals surface area (Å²) in [5, 5.41) is 1.85. The van der Waals surface area contributed by atoms with Gasteiger partial charge in [-0.25, -0.2) is 4.98 Å². The van der Waals surface area contributed by atoms with Crippen molar-refractivity contribution in [1.29, 1.82) is 0 Å². The molecule has 3 heterocycles. The highest BCUT2D eigenvalue weighted by molar-refractivity contribution is 7.99. The second kappa shape index (κ2) is 6.97. The van der Waals surface area contributed by atoms with E-state index in [9.17, 15) is 0 Å². The molecule has 1 unspecified atom stereocenters. The minimum Gasteiger partial charge on any atom is -0.369 e. The molecule has 1 fully saturated rings. The second-order valence-corrected chi connectivity index (χ2v) is 8.45. The van der Waals surface area contributed by atoms with Gasteiger partial charge in [0.2, 0.25) is 0 Å². The van der Waals surface area contributed by atoms with Crippen LogP contribution >= 0.6 is 11.8 Å². The van der Waals surface area contributed by atoms with E-state index in [4.69, 9.17) is 4.98 Å². The van der Waals surface area contributed by atoms with Gasteiger partial charge in [-0.1, -0.05) is 42.1 Å². The summed E-state index contributed by atoms with van der Waals surface area (Å²) >= 11 is 1.97. The topological polar surface area (TPSA) is 24.3 Å². The lowest BCUT2D eigenvalue weighted by molar-refractivity contribution is 0.253. The zero-order valence-corrected chi connectivity index (χ0v) is 15.7. The third kappa shape index (κ3) is 3.10. The van der Waals surface area contributed by atoms with Gasteiger partial charge in [0.1, 0.15) is 0 Å². The van der Waals surface area contributed by atoms with Crippen LogP contribution in [0.3, 0.4) is 0 Å². The number of rotatable bonds is 3. The van der Waals surface area contributed by atoms with Gasteiger partial charge in [0.05, 0.1) is 11.0 Å². The van der Waals surface area contributed by atoms with Gasteiger partial charge in [-0.2, -0.15) is 0 Å². The molecule has 5 heteroatoms. The van der Waals surface area contributed by atoms with E-state index in [0.29, 0.717) is 5.25 Å². The minimum atomic E-state index is 0.655. The van der Waals surface area contributed by atoms with Crippen LogP contribution in [0.4, 0.5) is 5.69 Å². The van der Waals surface area contributed by atoms with Crippen LogP contribution in [0.5, 0.6) is 0 Å². The number of para-hydroxylation sites is 3. The number of anilines is 1. The van der Waals surface area contributed by atoms with Crippen LogP contribution in [0.25, 0.3) is 11.0 Å². The Bertz CT molecular complexity index is 883. The predicted molar refractivity (Wildman–Crippen MR) is 109 cm³/mol. The average Bonchev–Trinajstić information content (AvgIpc) is 3.07. The molecule has 26 heavy (non-hydrogen) atoms. The van der Waals surface area contributed by atoms with Crippen LogP contribution in [0, 0.1) is 0 Å². The van der Waals surface area contributed by atoms with E-state index in [0.717, 1.165) is 38.2 Å². The normalized spacial score (nSPS) is 21.1. The van der Waals surface area contributed by atoms with Crippen LogP contribution < -0.4 is 4.90 Å². The van der Waals surface area contributed by atoms with E-state index >= 15 is 0 Å². The van der Waals surface area contributed by atoms with Crippen molar-refractivity contribution >= 4 is 28.5 Å². The van der Waals surface area contributed by atoms with Gasteiger partial charge in [-0.05, 0) is 30.7 Å². The zero-order valence-electron chi connectivity index (χ0n) is 14.9. The fourth-order valence-corrected chi connectivity index (χ4v) is 5.36. The monoisotopic (exact) mass is 364 g/mol. The Hall–Kier alpha value is -1.98. The molecule has 134 valence electrons. The van der Waals surface area contributed by atoms with Crippen molar-refractivity contribution in [1.82, 2.24) is 14.5 Å². The number of benzene rings is 2. The lowest BCUT2D eigenvalue weighted by Crippen LogP contribution is -2.48. The Labute approximate surface area is 158 Å². The molecule has 2 aromatic carbocycles. The average molecular weight is 365 g/mol. The van der Waals surface area contributed by atoms with Crippen molar-refractivity contribution in [2.45, 2.75) is 23.4 Å². The molecule has 0 spiro atoms. The van der Waals surface area contributed by atoms with E-state index in [1.54, 1.807) is 0 Å². The molecule has 2 aliphatic heterocycles. The molecule has 3 aromatic rings. The van der Waals surface area contributed by atoms with Crippen LogP contribution in [0.2, 0.25) is 0 Å². The molecule has 0 radical (unpaired) electrons. The third-order valence-corrected chi connectivity index (χ3v) is 6.76. The van der Waals surface area contributed by atoms with E-state index in [2.05, 4.69) is 69.0 Å². The molecule has 5 rings (SSSR count). The molecule has 0 bridgehead atoms. The van der Waals surface area contributed by atoms with E-state index < -0.39 is 0 Å². The molecule has 4 nitrogen and oxygen atoms in total. The standard InChI is InChI=1S/C21H24N4S/c1-2-6-17(7-3-1)24-14-12-23(13-15-24)16-18-10-11-25-20-9-5-4-8-19(20)22-21(25)26-18/h1-9,18H,10-16H2. The smallest absolute Gasteiger partial charge is 0.169 e. The van der Waals surface area contributed by atoms with Crippen molar-refractivity contribution in [3.8, 4) is 0 Å². The summed E-state index contributed by atoms with van der Waals surface area (Å²) in [4.78, 5) is 9.99. The number of nitrogens with zero attached hydrogens (tertiary/aromatic N) is 4. The van der Waals surface area contributed by atoms with Crippen LogP contribution in [-0.2, 0) is 6.54 Å². The molecular weight excluding hydrogens is 340 g/mol. The number of hydrogen-bond donors (Lipinski definition) is 0. The SMILES string of the molecule is c1ccc(N2CCN(CC3CCn4c(nc5ccccc54)S3)CC2)cc1. The summed E-state index contributed by atoms with van der Waals surface area (Å²) in [7, 11) is 0. The van der Waals surface area contributed by atoms with Gasteiger partial charge >= 0.3 is 0 Å². The fraction of sp³-hybridized carbons (Fsp3) is 0.381. The number of aryl methyl sites for hydroxylation is 1. The van der Waals surface area contributed by atoms with Crippen LogP contribution in [0.15, 0.2) is 59.8 Å². The van der Waals surface area contributed by atoms with Crippen molar-refractivity contribution < 1.29 is 0 Å². The van der Waals surface area contributed by atoms with E-state index in [1.165, 1.54) is 29.3 Å². The molecule has 0 amide bonds. The largest absolute Gasteiger partial charge is 0.369 e. The van der Waals surface area contributed by atoms with Gasteiger partial charge < -0.3 is 9.47 Å². The molecule has 0 aliphatic carbocycles. The van der Waals surface area contributed by atoms with Gasteiger partial charge in [-0.3, -0.25) is 4.90 Å². The molecule has 1 aromatic heterocycles. The highest BCUT2D eigenvalue weighted by atomic mass is 32.2. The lowest BCUT2D eigenvalue weighted by Gasteiger charge is -2.38. The zero-order chi connectivity index (χ0) is 17.3. The first-order valence-electron chi connectivity index (χ1n) is 9.51. The summed E-state index contributed by atoms with van der Waals surface area (Å²) in [6.45, 7) is 6.83. The van der Waals surface area contributed by atoms with Gasteiger partial charge in [0, 0.05) is 50.2 Å². The number of hydrogen-bond acceptors (Lipinski definition) is 4. The first kappa shape index (κ1) is 16.2. The van der Waals surface area contributed by atoms with Crippen molar-refractivity contribution in [2.24, 2.45) is 0 Å². The van der Waals surface area contributed by atoms with Gasteiger partial charge in [0.25, 0.3) is 0 Å². The highest BCUT2D eigenvalue weighted by Gasteiger charge is 2.26. The predicted octanol–water partition coefficient (Wildman–Crippen LogP) is 3.72. The first-order chi connectivity index (χ1) is 12.9. The number of thioether (sulfide) groups is 1. The Kier molecular flexibility index (Phi) is 4.35. The minimum absolute atomic E-state index is 0.655. The first-order valence-corrected chi connectivity index (χ1v) is 10.4. The number of imidazole rings is 1. The van der Waals surface area contributed by atoms with Crippen molar-refractivity contribution in [3.63, 3.8) is 0 Å². The third-order valence-electron chi connectivity index (χ3n) is 5.52. The van der Waals surface area contributed by atoms with Crippen molar-refractivity contribution in [2.75, 3.05) is 37.6 Å². The number of aromatic nitrogens is 2. The Balaban J connectivity index is 1.21. The fourth-order valence-electron chi connectivity index (χ4n) is 4.08. The molecule has 2 aliphatic rings. The van der Waals surface area contributed by atoms with Gasteiger partial charge in [-0.15, -0.1) is 0 Å². The summed E-state index contributed by atoms with van der Waals surface area (Å²) in [5.41, 5.74) is 3.77. The number of fused-ring (bicyclic) bond motifs is 3. The van der Waals surface area contributed by atoms with Crippen LogP contribution in [0.1, 0.15) is 6.42 Å². The molecule has 1 saturated heterocycles. The second-order valence-electron chi connectivity index (χ2n) is 7.19. The summed E-state index contributed by atoms with van der Waals surface area (Å²) in [5.74, 6) is 0. The maximum atomic E-state index is 4.85. The maximum absolute atomic E-state index is 4.85. The van der Waals surface area contributed by atoms with E-state index in [-0.39, 0.29) is 0 Å². The number of piperazine rings is 1. The maximum Gasteiger partial charge on any atom is 0.169 e. The molecular formula is C21H24N4S. The summed E-state index contributed by atoms with van der Waals surface area (Å²) < 4.78 is 2.39. The Morgan fingerprint density at radius 3 is 2.50 bits per heavy atom. The molecule has 0 saturated carbocycles. The Morgan fingerprint density at radius 1 is 0.885 bits per heavy atom. The lowest BCUT2D eigenvalue weighted by atomic mass is 10.2. The van der Waals surface area contributed by atoms with Crippen molar-refractivity contribution in [3.05, 3.63) is 54.6 Å². The molecule has 1 atom stereocenters.